The lowest BCUT2D eigenvalue weighted by Crippen LogP contribution is -2.34. The molecule has 0 bridgehead atoms. The number of nitrogens with zero attached hydrogens (tertiary/aromatic N) is 5. The van der Waals surface area contributed by atoms with Crippen LogP contribution in [-0.4, -0.2) is 50.0 Å². The van der Waals surface area contributed by atoms with Gasteiger partial charge in [-0.05, 0) is 23.8 Å². The second-order valence-electron chi connectivity index (χ2n) is 5.57. The van der Waals surface area contributed by atoms with E-state index < -0.39 is 0 Å². The van der Waals surface area contributed by atoms with Crippen molar-refractivity contribution in [2.24, 2.45) is 11.7 Å². The summed E-state index contributed by atoms with van der Waals surface area (Å²) >= 11 is 0. The number of para-hydroxylation sites is 1. The van der Waals surface area contributed by atoms with Crippen molar-refractivity contribution in [1.29, 1.82) is 0 Å². The Balaban J connectivity index is 1.51. The summed E-state index contributed by atoms with van der Waals surface area (Å²) in [6.07, 6.45) is 0.599. The fourth-order valence-electron chi connectivity index (χ4n) is 2.51. The summed E-state index contributed by atoms with van der Waals surface area (Å²) in [5.74, 6) is 0.297. The number of hydrogen-bond donors (Lipinski definition) is 1. The van der Waals surface area contributed by atoms with Crippen molar-refractivity contribution in [3.05, 3.63) is 36.2 Å². The van der Waals surface area contributed by atoms with Gasteiger partial charge in [0.15, 0.2) is 6.61 Å². The van der Waals surface area contributed by atoms with Crippen LogP contribution in [0.15, 0.2) is 30.3 Å². The van der Waals surface area contributed by atoms with Crippen LogP contribution in [0.3, 0.4) is 0 Å². The number of aromatic nitrogens is 4. The maximum Gasteiger partial charge on any atom is 0.246 e. The average Bonchev–Trinajstić information content (AvgIpc) is 3.23. The van der Waals surface area contributed by atoms with Crippen molar-refractivity contribution >= 4 is 11.8 Å². The summed E-state index contributed by atoms with van der Waals surface area (Å²) in [7, 11) is 0. The molecule has 1 fully saturated rings. The summed E-state index contributed by atoms with van der Waals surface area (Å²) in [5, 5.41) is 11.8. The number of rotatable bonds is 6. The summed E-state index contributed by atoms with van der Waals surface area (Å²) in [6.45, 7) is 1.02. The van der Waals surface area contributed by atoms with E-state index >= 15 is 0 Å². The standard InChI is InChI=1S/C15H18N6O3/c16-15(23)11-6-7-20(8-11)14(22)9-21-18-13(17-19-21)10-24-12-4-2-1-3-5-12/h1-5,11H,6-10H2,(H2,16,23). The third-order valence-electron chi connectivity index (χ3n) is 3.83. The van der Waals surface area contributed by atoms with Crippen LogP contribution in [0, 0.1) is 5.92 Å². The molecule has 1 aliphatic heterocycles. The molecule has 2 heterocycles. The molecule has 0 aliphatic carbocycles. The number of tetrazole rings is 1. The van der Waals surface area contributed by atoms with Gasteiger partial charge in [-0.25, -0.2) is 0 Å². The molecule has 9 heteroatoms. The van der Waals surface area contributed by atoms with E-state index in [0.717, 1.165) is 0 Å². The molecule has 0 saturated carbocycles. The lowest BCUT2D eigenvalue weighted by atomic mass is 10.1. The van der Waals surface area contributed by atoms with E-state index in [0.29, 0.717) is 31.1 Å². The Morgan fingerprint density at radius 3 is 2.79 bits per heavy atom. The van der Waals surface area contributed by atoms with Gasteiger partial charge in [0.2, 0.25) is 17.6 Å². The fourth-order valence-corrected chi connectivity index (χ4v) is 2.51. The molecule has 1 unspecified atom stereocenters. The van der Waals surface area contributed by atoms with Gasteiger partial charge in [-0.15, -0.1) is 10.2 Å². The van der Waals surface area contributed by atoms with Gasteiger partial charge in [0.1, 0.15) is 12.3 Å². The van der Waals surface area contributed by atoms with Crippen molar-refractivity contribution in [2.45, 2.75) is 19.6 Å². The van der Waals surface area contributed by atoms with Gasteiger partial charge >= 0.3 is 0 Å². The molecule has 2 N–H and O–H groups in total. The molecular weight excluding hydrogens is 312 g/mol. The van der Waals surface area contributed by atoms with Gasteiger partial charge in [-0.3, -0.25) is 9.59 Å². The fraction of sp³-hybridized carbons (Fsp3) is 0.400. The smallest absolute Gasteiger partial charge is 0.246 e. The maximum atomic E-state index is 12.2. The topological polar surface area (TPSA) is 116 Å². The molecule has 1 aromatic heterocycles. The highest BCUT2D eigenvalue weighted by Gasteiger charge is 2.29. The van der Waals surface area contributed by atoms with Crippen LogP contribution in [0.1, 0.15) is 12.2 Å². The minimum absolute atomic E-state index is 0.0240. The second-order valence-corrected chi connectivity index (χ2v) is 5.57. The SMILES string of the molecule is NC(=O)C1CCN(C(=O)Cn2nnc(COc3ccccc3)n2)C1. The molecular formula is C15H18N6O3. The van der Waals surface area contributed by atoms with E-state index in [1.807, 2.05) is 30.3 Å². The first kappa shape index (κ1) is 15.9. The van der Waals surface area contributed by atoms with Crippen LogP contribution in [0.5, 0.6) is 5.75 Å². The number of nitrogens with two attached hydrogens (primary N) is 1. The van der Waals surface area contributed by atoms with E-state index in [9.17, 15) is 9.59 Å². The Morgan fingerprint density at radius 1 is 1.29 bits per heavy atom. The highest BCUT2D eigenvalue weighted by atomic mass is 16.5. The third kappa shape index (κ3) is 3.86. The van der Waals surface area contributed by atoms with Gasteiger partial charge < -0.3 is 15.4 Å². The highest BCUT2D eigenvalue weighted by Crippen LogP contribution is 2.16. The van der Waals surface area contributed by atoms with Crippen LogP contribution in [0.25, 0.3) is 0 Å². The molecule has 2 aromatic rings. The summed E-state index contributed by atoms with van der Waals surface area (Å²) < 4.78 is 5.53. The Labute approximate surface area is 138 Å². The first-order chi connectivity index (χ1) is 11.6. The van der Waals surface area contributed by atoms with Crippen LogP contribution in [0.4, 0.5) is 0 Å². The van der Waals surface area contributed by atoms with E-state index in [2.05, 4.69) is 15.4 Å². The molecule has 24 heavy (non-hydrogen) atoms. The van der Waals surface area contributed by atoms with Crippen LogP contribution in [0.2, 0.25) is 0 Å². The zero-order valence-corrected chi connectivity index (χ0v) is 13.0. The molecule has 1 aromatic carbocycles. The molecule has 126 valence electrons. The normalized spacial score (nSPS) is 17.0. The zero-order chi connectivity index (χ0) is 16.9. The lowest BCUT2D eigenvalue weighted by molar-refractivity contribution is -0.131. The summed E-state index contributed by atoms with van der Waals surface area (Å²) in [4.78, 5) is 26.2. The first-order valence-corrected chi connectivity index (χ1v) is 7.63. The summed E-state index contributed by atoms with van der Waals surface area (Å²) in [5.41, 5.74) is 5.27. The van der Waals surface area contributed by atoms with Gasteiger partial charge in [-0.2, -0.15) is 4.80 Å². The number of amides is 2. The number of hydrogen-bond acceptors (Lipinski definition) is 6. The molecule has 1 saturated heterocycles. The van der Waals surface area contributed by atoms with Crippen LogP contribution < -0.4 is 10.5 Å². The van der Waals surface area contributed by atoms with Gasteiger partial charge in [-0.1, -0.05) is 18.2 Å². The minimum atomic E-state index is -0.371. The van der Waals surface area contributed by atoms with E-state index in [4.69, 9.17) is 10.5 Å². The minimum Gasteiger partial charge on any atom is -0.485 e. The number of benzene rings is 1. The predicted octanol–water partition coefficient (Wildman–Crippen LogP) is -0.414. The van der Waals surface area contributed by atoms with Crippen molar-refractivity contribution in [2.75, 3.05) is 13.1 Å². The van der Waals surface area contributed by atoms with Crippen molar-refractivity contribution in [3.8, 4) is 5.75 Å². The van der Waals surface area contributed by atoms with E-state index in [1.54, 1.807) is 4.90 Å². The quantitative estimate of drug-likeness (QED) is 0.769. The van der Waals surface area contributed by atoms with Crippen LogP contribution >= 0.6 is 0 Å². The van der Waals surface area contributed by atoms with E-state index in [-0.39, 0.29) is 30.9 Å². The number of likely N-dealkylation sites (tertiary alicyclic amines) is 1. The van der Waals surface area contributed by atoms with Gasteiger partial charge in [0, 0.05) is 13.1 Å². The Bertz CT molecular complexity index is 717. The van der Waals surface area contributed by atoms with Crippen molar-refractivity contribution in [1.82, 2.24) is 25.1 Å². The maximum absolute atomic E-state index is 12.2. The second kappa shape index (κ2) is 7.07. The summed E-state index contributed by atoms with van der Waals surface area (Å²) in [6, 6.07) is 9.29. The van der Waals surface area contributed by atoms with Crippen molar-refractivity contribution in [3.63, 3.8) is 0 Å². The van der Waals surface area contributed by atoms with E-state index in [1.165, 1.54) is 4.80 Å². The number of carbonyl (C=O) groups is 2. The first-order valence-electron chi connectivity index (χ1n) is 7.63. The Kier molecular flexibility index (Phi) is 4.69. The molecule has 2 amide bonds. The Hall–Kier alpha value is -2.97. The molecule has 9 nitrogen and oxygen atoms in total. The number of ether oxygens (including phenoxy) is 1. The van der Waals surface area contributed by atoms with Crippen molar-refractivity contribution < 1.29 is 14.3 Å². The molecule has 1 aliphatic rings. The van der Waals surface area contributed by atoms with Gasteiger partial charge in [0.05, 0.1) is 5.92 Å². The van der Waals surface area contributed by atoms with Gasteiger partial charge in [0.25, 0.3) is 0 Å². The largest absolute Gasteiger partial charge is 0.485 e. The average molecular weight is 330 g/mol. The molecule has 0 radical (unpaired) electrons. The monoisotopic (exact) mass is 330 g/mol. The Morgan fingerprint density at radius 2 is 2.08 bits per heavy atom. The third-order valence-corrected chi connectivity index (χ3v) is 3.83. The molecule has 1 atom stereocenters. The molecule has 3 rings (SSSR count). The lowest BCUT2D eigenvalue weighted by Gasteiger charge is -2.14. The van der Waals surface area contributed by atoms with Crippen LogP contribution in [-0.2, 0) is 22.7 Å². The number of primary amides is 1. The highest BCUT2D eigenvalue weighted by molar-refractivity contribution is 5.80. The molecule has 0 spiro atoms. The predicted molar refractivity (Wildman–Crippen MR) is 82.5 cm³/mol. The number of carbonyl (C=O) groups excluding carboxylic acids is 2. The zero-order valence-electron chi connectivity index (χ0n) is 13.0.